The van der Waals surface area contributed by atoms with Crippen LogP contribution in [0.3, 0.4) is 0 Å². The van der Waals surface area contributed by atoms with E-state index in [1.54, 1.807) is 0 Å². The summed E-state index contributed by atoms with van der Waals surface area (Å²) in [5, 5.41) is 1.92. The van der Waals surface area contributed by atoms with Crippen LogP contribution >= 0.6 is 23.1 Å². The minimum atomic E-state index is -0.258. The molecule has 0 saturated heterocycles. The number of benzene rings is 2. The van der Waals surface area contributed by atoms with Crippen molar-refractivity contribution in [2.24, 2.45) is 0 Å². The molecule has 0 spiro atoms. The molecule has 134 valence electrons. The Hall–Kier alpha value is -2.63. The molecular formula is C22H17NO2S2. The predicted molar refractivity (Wildman–Crippen MR) is 112 cm³/mol. The van der Waals surface area contributed by atoms with Gasteiger partial charge in [0.2, 0.25) is 0 Å². The van der Waals surface area contributed by atoms with Crippen LogP contribution in [0.2, 0.25) is 0 Å². The van der Waals surface area contributed by atoms with Crippen LogP contribution in [0.5, 0.6) is 0 Å². The van der Waals surface area contributed by atoms with Crippen molar-refractivity contribution in [2.45, 2.75) is 18.7 Å². The summed E-state index contributed by atoms with van der Waals surface area (Å²) < 4.78 is 0. The Morgan fingerprint density at radius 1 is 0.889 bits per heavy atom. The molecule has 2 amide bonds. The van der Waals surface area contributed by atoms with Crippen LogP contribution < -0.4 is 4.90 Å². The number of imide groups is 1. The summed E-state index contributed by atoms with van der Waals surface area (Å²) in [7, 11) is 0. The lowest BCUT2D eigenvalue weighted by molar-refractivity contribution is -0.119. The van der Waals surface area contributed by atoms with Gasteiger partial charge in [-0.3, -0.25) is 9.59 Å². The molecule has 5 heteroatoms. The maximum atomic E-state index is 13.3. The summed E-state index contributed by atoms with van der Waals surface area (Å²) in [6, 6.07) is 19.3. The Balaban J connectivity index is 1.83. The van der Waals surface area contributed by atoms with E-state index < -0.39 is 0 Å². The molecule has 1 aliphatic heterocycles. The molecule has 0 aliphatic carbocycles. The summed E-state index contributed by atoms with van der Waals surface area (Å²) in [6.45, 7) is 3.88. The van der Waals surface area contributed by atoms with Crippen molar-refractivity contribution in [3.05, 3.63) is 87.0 Å². The van der Waals surface area contributed by atoms with Gasteiger partial charge in [-0.2, -0.15) is 0 Å². The van der Waals surface area contributed by atoms with Crippen molar-refractivity contribution in [3.63, 3.8) is 0 Å². The van der Waals surface area contributed by atoms with E-state index in [0.29, 0.717) is 16.2 Å². The van der Waals surface area contributed by atoms with Gasteiger partial charge in [0.15, 0.2) is 0 Å². The second kappa shape index (κ2) is 7.18. The first-order valence-electron chi connectivity index (χ1n) is 8.53. The lowest BCUT2D eigenvalue weighted by atomic mass is 10.1. The fraction of sp³-hybridized carbons (Fsp3) is 0.0909. The third kappa shape index (κ3) is 3.24. The van der Waals surface area contributed by atoms with Crippen LogP contribution in [0.25, 0.3) is 5.57 Å². The molecule has 0 atom stereocenters. The number of carbonyl (C=O) groups is 2. The Kier molecular flexibility index (Phi) is 4.72. The van der Waals surface area contributed by atoms with Gasteiger partial charge in [0.05, 0.1) is 16.2 Å². The average molecular weight is 392 g/mol. The highest BCUT2D eigenvalue weighted by Crippen LogP contribution is 2.43. The molecule has 4 rings (SSSR count). The Morgan fingerprint density at radius 3 is 2.37 bits per heavy atom. The van der Waals surface area contributed by atoms with E-state index in [9.17, 15) is 9.59 Å². The SMILES string of the molecule is Cc1ccc(C)c(N2C(=O)C(Sc3ccccc3)=C(c3cccs3)C2=O)c1. The molecule has 0 N–H and O–H groups in total. The van der Waals surface area contributed by atoms with E-state index >= 15 is 0 Å². The monoisotopic (exact) mass is 391 g/mol. The van der Waals surface area contributed by atoms with Crippen molar-refractivity contribution >= 4 is 46.2 Å². The first-order chi connectivity index (χ1) is 13.1. The van der Waals surface area contributed by atoms with Crippen molar-refractivity contribution in [1.82, 2.24) is 0 Å². The highest BCUT2D eigenvalue weighted by atomic mass is 32.2. The topological polar surface area (TPSA) is 37.4 Å². The van der Waals surface area contributed by atoms with Gasteiger partial charge in [0.25, 0.3) is 11.8 Å². The van der Waals surface area contributed by atoms with Gasteiger partial charge in [-0.15, -0.1) is 11.3 Å². The molecule has 0 saturated carbocycles. The van der Waals surface area contributed by atoms with Gasteiger partial charge in [-0.25, -0.2) is 4.90 Å². The van der Waals surface area contributed by atoms with Crippen LogP contribution in [0, 0.1) is 13.8 Å². The number of anilines is 1. The largest absolute Gasteiger partial charge is 0.272 e. The van der Waals surface area contributed by atoms with Crippen molar-refractivity contribution in [3.8, 4) is 0 Å². The summed E-state index contributed by atoms with van der Waals surface area (Å²) in [5.74, 6) is -0.513. The molecule has 1 aliphatic rings. The Labute approximate surface area is 166 Å². The molecule has 3 nitrogen and oxygen atoms in total. The standard InChI is InChI=1S/C22H17NO2S2/c1-14-10-11-15(2)17(13-14)23-21(24)19(18-9-6-12-26-18)20(22(23)25)27-16-7-4-3-5-8-16/h3-13H,1-2H3. The van der Waals surface area contributed by atoms with E-state index in [4.69, 9.17) is 0 Å². The minimum absolute atomic E-state index is 0.255. The molecule has 1 aromatic heterocycles. The number of thiophene rings is 1. The van der Waals surface area contributed by atoms with Gasteiger partial charge in [-0.1, -0.05) is 48.2 Å². The average Bonchev–Trinajstić information content (AvgIpc) is 3.26. The van der Waals surface area contributed by atoms with Crippen LogP contribution in [-0.4, -0.2) is 11.8 Å². The molecule has 2 heterocycles. The molecular weight excluding hydrogens is 374 g/mol. The van der Waals surface area contributed by atoms with E-state index in [2.05, 4.69) is 0 Å². The number of hydrogen-bond donors (Lipinski definition) is 0. The van der Waals surface area contributed by atoms with Gasteiger partial charge in [-0.05, 0) is 54.6 Å². The third-order valence-corrected chi connectivity index (χ3v) is 6.36. The molecule has 0 bridgehead atoms. The van der Waals surface area contributed by atoms with E-state index in [-0.39, 0.29) is 11.8 Å². The van der Waals surface area contributed by atoms with Crippen molar-refractivity contribution in [2.75, 3.05) is 4.90 Å². The summed E-state index contributed by atoms with van der Waals surface area (Å²) >= 11 is 2.83. The lowest BCUT2D eigenvalue weighted by Gasteiger charge is -2.18. The first-order valence-corrected chi connectivity index (χ1v) is 10.2. The van der Waals surface area contributed by atoms with Crippen LogP contribution in [0.4, 0.5) is 5.69 Å². The number of amides is 2. The molecule has 0 fully saturated rings. The van der Waals surface area contributed by atoms with Gasteiger partial charge in [0, 0.05) is 9.77 Å². The highest BCUT2D eigenvalue weighted by Gasteiger charge is 2.41. The zero-order valence-electron chi connectivity index (χ0n) is 14.9. The van der Waals surface area contributed by atoms with Crippen molar-refractivity contribution < 1.29 is 9.59 Å². The fourth-order valence-corrected chi connectivity index (χ4v) is 4.87. The van der Waals surface area contributed by atoms with Crippen LogP contribution in [-0.2, 0) is 9.59 Å². The minimum Gasteiger partial charge on any atom is -0.268 e. The highest BCUT2D eigenvalue weighted by molar-refractivity contribution is 8.04. The third-order valence-electron chi connectivity index (χ3n) is 4.38. The maximum Gasteiger partial charge on any atom is 0.272 e. The number of aryl methyl sites for hydroxylation is 2. The Bertz CT molecular complexity index is 1050. The quantitative estimate of drug-likeness (QED) is 0.556. The zero-order valence-corrected chi connectivity index (χ0v) is 16.6. The zero-order chi connectivity index (χ0) is 19.0. The smallest absolute Gasteiger partial charge is 0.268 e. The van der Waals surface area contributed by atoms with E-state index in [1.807, 2.05) is 79.9 Å². The molecule has 27 heavy (non-hydrogen) atoms. The molecule has 2 aromatic carbocycles. The normalized spacial score (nSPS) is 14.4. The number of carbonyl (C=O) groups excluding carboxylic acids is 2. The predicted octanol–water partition coefficient (Wildman–Crippen LogP) is 5.44. The number of thioether (sulfide) groups is 1. The Morgan fingerprint density at radius 2 is 1.67 bits per heavy atom. The molecule has 3 aromatic rings. The van der Waals surface area contributed by atoms with Crippen LogP contribution in [0.15, 0.2) is 75.8 Å². The van der Waals surface area contributed by atoms with Gasteiger partial charge < -0.3 is 0 Å². The molecule has 0 radical (unpaired) electrons. The number of nitrogens with zero attached hydrogens (tertiary/aromatic N) is 1. The first kappa shape index (κ1) is 17.8. The summed E-state index contributed by atoms with van der Waals surface area (Å²) in [5.41, 5.74) is 3.06. The summed E-state index contributed by atoms with van der Waals surface area (Å²) in [4.78, 5) is 30.2. The van der Waals surface area contributed by atoms with Gasteiger partial charge >= 0.3 is 0 Å². The number of rotatable bonds is 4. The lowest BCUT2D eigenvalue weighted by Crippen LogP contribution is -2.31. The second-order valence-electron chi connectivity index (χ2n) is 6.33. The van der Waals surface area contributed by atoms with E-state index in [0.717, 1.165) is 20.9 Å². The summed E-state index contributed by atoms with van der Waals surface area (Å²) in [6.07, 6.45) is 0. The van der Waals surface area contributed by atoms with Gasteiger partial charge in [0.1, 0.15) is 0 Å². The van der Waals surface area contributed by atoms with E-state index in [1.165, 1.54) is 28.0 Å². The maximum absolute atomic E-state index is 13.3. The van der Waals surface area contributed by atoms with Crippen molar-refractivity contribution in [1.29, 1.82) is 0 Å². The second-order valence-corrected chi connectivity index (χ2v) is 8.36. The fourth-order valence-electron chi connectivity index (χ4n) is 3.03. The molecule has 0 unspecified atom stereocenters. The number of hydrogen-bond acceptors (Lipinski definition) is 4. The van der Waals surface area contributed by atoms with Crippen LogP contribution in [0.1, 0.15) is 16.0 Å².